The first-order chi connectivity index (χ1) is 9.38. The zero-order chi connectivity index (χ0) is 13.3. The SMILES string of the molecule is OCC1CNC2CCCN(CCCCNCCN1)C2. The van der Waals surface area contributed by atoms with Gasteiger partial charge in [0.05, 0.1) is 6.61 Å². The fourth-order valence-electron chi connectivity index (χ4n) is 3.01. The Morgan fingerprint density at radius 1 is 1.00 bits per heavy atom. The van der Waals surface area contributed by atoms with E-state index in [2.05, 4.69) is 20.9 Å². The van der Waals surface area contributed by atoms with Crippen LogP contribution in [0.1, 0.15) is 25.7 Å². The molecule has 0 spiro atoms. The van der Waals surface area contributed by atoms with E-state index in [4.69, 9.17) is 0 Å². The Morgan fingerprint density at radius 3 is 2.79 bits per heavy atom. The monoisotopic (exact) mass is 270 g/mol. The second kappa shape index (κ2) is 8.87. The molecule has 2 aliphatic rings. The van der Waals surface area contributed by atoms with Crippen LogP contribution in [0.2, 0.25) is 0 Å². The van der Waals surface area contributed by atoms with Crippen molar-refractivity contribution in [3.63, 3.8) is 0 Å². The van der Waals surface area contributed by atoms with Gasteiger partial charge in [0, 0.05) is 38.3 Å². The van der Waals surface area contributed by atoms with Crippen LogP contribution >= 0.6 is 0 Å². The molecule has 4 N–H and O–H groups in total. The van der Waals surface area contributed by atoms with E-state index < -0.39 is 0 Å². The fraction of sp³-hybridized carbons (Fsp3) is 1.00. The maximum Gasteiger partial charge on any atom is 0.0597 e. The second-order valence-corrected chi connectivity index (χ2v) is 5.84. The third-order valence-electron chi connectivity index (χ3n) is 4.19. The topological polar surface area (TPSA) is 59.6 Å². The summed E-state index contributed by atoms with van der Waals surface area (Å²) in [4.78, 5) is 2.59. The minimum atomic E-state index is 0.181. The molecule has 2 heterocycles. The Bertz CT molecular complexity index is 239. The summed E-state index contributed by atoms with van der Waals surface area (Å²) in [6.07, 6.45) is 5.13. The van der Waals surface area contributed by atoms with Crippen molar-refractivity contribution >= 4 is 0 Å². The second-order valence-electron chi connectivity index (χ2n) is 5.84. The molecule has 3 atom stereocenters. The Hall–Kier alpha value is -0.200. The van der Waals surface area contributed by atoms with Crippen molar-refractivity contribution < 1.29 is 5.11 Å². The smallest absolute Gasteiger partial charge is 0.0597 e. The number of fused-ring (bicyclic) bond motifs is 2. The third kappa shape index (κ3) is 5.75. The first-order valence-corrected chi connectivity index (χ1v) is 7.89. The van der Waals surface area contributed by atoms with Gasteiger partial charge in [0.2, 0.25) is 0 Å². The Balaban J connectivity index is 1.81. The van der Waals surface area contributed by atoms with Crippen LogP contribution in [0.4, 0.5) is 0 Å². The van der Waals surface area contributed by atoms with Crippen LogP contribution in [-0.4, -0.2) is 74.5 Å². The number of aliphatic hydroxyl groups excluding tert-OH is 1. The van der Waals surface area contributed by atoms with Crippen LogP contribution < -0.4 is 16.0 Å². The molecule has 0 aromatic carbocycles. The average Bonchev–Trinajstić information content (AvgIpc) is 2.44. The van der Waals surface area contributed by atoms with Crippen LogP contribution in [-0.2, 0) is 0 Å². The molecule has 5 nitrogen and oxygen atoms in total. The Morgan fingerprint density at radius 2 is 1.89 bits per heavy atom. The Kier molecular flexibility index (Phi) is 7.09. The summed E-state index contributed by atoms with van der Waals surface area (Å²) in [7, 11) is 0. The van der Waals surface area contributed by atoms with Crippen molar-refractivity contribution in [2.75, 3.05) is 52.4 Å². The molecule has 0 aromatic heterocycles. The van der Waals surface area contributed by atoms with E-state index in [1.54, 1.807) is 0 Å². The number of aliphatic hydroxyl groups is 1. The van der Waals surface area contributed by atoms with Crippen LogP contribution in [0.3, 0.4) is 0 Å². The average molecular weight is 270 g/mol. The van der Waals surface area contributed by atoms with E-state index >= 15 is 0 Å². The molecule has 0 radical (unpaired) electrons. The van der Waals surface area contributed by atoms with Gasteiger partial charge in [-0.2, -0.15) is 0 Å². The fourth-order valence-corrected chi connectivity index (χ4v) is 3.01. The minimum Gasteiger partial charge on any atom is -0.395 e. The number of hydrogen-bond acceptors (Lipinski definition) is 5. The minimum absolute atomic E-state index is 0.181. The van der Waals surface area contributed by atoms with Gasteiger partial charge in [-0.25, -0.2) is 0 Å². The molecular formula is C14H30N4O. The molecule has 0 aliphatic carbocycles. The summed E-state index contributed by atoms with van der Waals surface area (Å²) in [5.74, 6) is 0. The summed E-state index contributed by atoms with van der Waals surface area (Å²) >= 11 is 0. The number of piperidine rings is 1. The number of nitrogens with zero attached hydrogens (tertiary/aromatic N) is 1. The van der Waals surface area contributed by atoms with Gasteiger partial charge in [-0.05, 0) is 45.3 Å². The molecule has 5 heteroatoms. The van der Waals surface area contributed by atoms with E-state index in [9.17, 15) is 5.11 Å². The van der Waals surface area contributed by atoms with Gasteiger partial charge in [-0.15, -0.1) is 0 Å². The molecule has 19 heavy (non-hydrogen) atoms. The highest BCUT2D eigenvalue weighted by molar-refractivity contribution is 4.81. The lowest BCUT2D eigenvalue weighted by Gasteiger charge is -2.34. The van der Waals surface area contributed by atoms with E-state index in [-0.39, 0.29) is 12.6 Å². The van der Waals surface area contributed by atoms with Crippen LogP contribution in [0, 0.1) is 0 Å². The largest absolute Gasteiger partial charge is 0.395 e. The highest BCUT2D eigenvalue weighted by atomic mass is 16.3. The van der Waals surface area contributed by atoms with Crippen molar-refractivity contribution in [1.29, 1.82) is 0 Å². The maximum atomic E-state index is 9.39. The number of rotatable bonds is 1. The van der Waals surface area contributed by atoms with Gasteiger partial charge in [-0.3, -0.25) is 0 Å². The van der Waals surface area contributed by atoms with E-state index in [1.165, 1.54) is 45.3 Å². The summed E-state index contributed by atoms with van der Waals surface area (Å²) in [5.41, 5.74) is 0. The van der Waals surface area contributed by atoms with Crippen LogP contribution in [0.5, 0.6) is 0 Å². The summed E-state index contributed by atoms with van der Waals surface area (Å²) in [6.45, 7) is 7.78. The normalized spacial score (nSPS) is 35.5. The summed E-state index contributed by atoms with van der Waals surface area (Å²) < 4.78 is 0. The Labute approximate surface area is 117 Å². The van der Waals surface area contributed by atoms with Crippen molar-refractivity contribution in [1.82, 2.24) is 20.9 Å². The van der Waals surface area contributed by atoms with Crippen molar-refractivity contribution in [3.05, 3.63) is 0 Å². The molecule has 2 rings (SSSR count). The lowest BCUT2D eigenvalue weighted by atomic mass is 10.0. The van der Waals surface area contributed by atoms with Gasteiger partial charge in [0.1, 0.15) is 0 Å². The van der Waals surface area contributed by atoms with E-state index in [1.807, 2.05) is 0 Å². The molecule has 2 saturated heterocycles. The van der Waals surface area contributed by atoms with Gasteiger partial charge >= 0.3 is 0 Å². The lowest BCUT2D eigenvalue weighted by Crippen LogP contribution is -2.51. The molecule has 0 saturated carbocycles. The maximum absolute atomic E-state index is 9.39. The van der Waals surface area contributed by atoms with Crippen LogP contribution in [0.25, 0.3) is 0 Å². The highest BCUT2D eigenvalue weighted by Crippen LogP contribution is 2.11. The molecule has 2 fully saturated rings. The standard InChI is InChI=1S/C14H30N4O/c19-12-14-10-17-13-4-3-9-18(11-13)8-2-1-5-15-6-7-16-14/h13-17,19H,1-12H2. The lowest BCUT2D eigenvalue weighted by molar-refractivity contribution is 0.177. The quantitative estimate of drug-likeness (QED) is 0.511. The molecule has 3 unspecified atom stereocenters. The van der Waals surface area contributed by atoms with Gasteiger partial charge in [0.15, 0.2) is 0 Å². The molecule has 0 aromatic rings. The predicted octanol–water partition coefficient (Wildman–Crippen LogP) is -0.626. The predicted molar refractivity (Wildman–Crippen MR) is 78.4 cm³/mol. The van der Waals surface area contributed by atoms with Crippen LogP contribution in [0.15, 0.2) is 0 Å². The van der Waals surface area contributed by atoms with Crippen molar-refractivity contribution in [3.8, 4) is 0 Å². The summed E-state index contributed by atoms with van der Waals surface area (Å²) in [5, 5.41) is 19.9. The molecule has 112 valence electrons. The molecule has 0 amide bonds. The van der Waals surface area contributed by atoms with Gasteiger partial charge < -0.3 is 26.0 Å². The third-order valence-corrected chi connectivity index (χ3v) is 4.19. The van der Waals surface area contributed by atoms with E-state index in [0.29, 0.717) is 6.04 Å². The van der Waals surface area contributed by atoms with Gasteiger partial charge in [-0.1, -0.05) is 0 Å². The van der Waals surface area contributed by atoms with Gasteiger partial charge in [0.25, 0.3) is 0 Å². The van der Waals surface area contributed by atoms with Crippen molar-refractivity contribution in [2.45, 2.75) is 37.8 Å². The highest BCUT2D eigenvalue weighted by Gasteiger charge is 2.20. The van der Waals surface area contributed by atoms with E-state index in [0.717, 1.165) is 26.2 Å². The molecule has 2 bridgehead atoms. The molecular weight excluding hydrogens is 240 g/mol. The van der Waals surface area contributed by atoms with Crippen molar-refractivity contribution in [2.24, 2.45) is 0 Å². The first-order valence-electron chi connectivity index (χ1n) is 7.89. The molecule has 2 aliphatic heterocycles. The number of hydrogen-bond donors (Lipinski definition) is 4. The zero-order valence-corrected chi connectivity index (χ0v) is 12.0. The first kappa shape index (κ1) is 15.2. The zero-order valence-electron chi connectivity index (χ0n) is 12.0. The summed E-state index contributed by atoms with van der Waals surface area (Å²) in [6, 6.07) is 0.783. The number of nitrogens with one attached hydrogen (secondary N) is 3.